The second-order valence-electron chi connectivity index (χ2n) is 5.02. The molecular weight excluding hydrogens is 234 g/mol. The molecule has 0 saturated heterocycles. The van der Waals surface area contributed by atoms with Gasteiger partial charge in [-0.2, -0.15) is 0 Å². The van der Waals surface area contributed by atoms with Gasteiger partial charge in [0.05, 0.1) is 0 Å². The summed E-state index contributed by atoms with van der Waals surface area (Å²) in [6.07, 6.45) is 6.37. The van der Waals surface area contributed by atoms with Crippen molar-refractivity contribution in [3.63, 3.8) is 0 Å². The van der Waals surface area contributed by atoms with Crippen molar-refractivity contribution in [2.45, 2.75) is 52.4 Å². The molecule has 0 bridgehead atoms. The molecule has 106 valence electrons. The van der Waals surface area contributed by atoms with Crippen molar-refractivity contribution >= 4 is 5.91 Å². The molecule has 0 saturated carbocycles. The maximum absolute atomic E-state index is 12.1. The molecule has 0 aliphatic carbocycles. The van der Waals surface area contributed by atoms with Crippen molar-refractivity contribution in [3.8, 4) is 0 Å². The zero-order valence-corrected chi connectivity index (χ0v) is 12.4. The summed E-state index contributed by atoms with van der Waals surface area (Å²) in [5.41, 5.74) is 1.25. The number of hydrogen-bond acceptors (Lipinski definition) is 1. The lowest BCUT2D eigenvalue weighted by Crippen LogP contribution is -2.31. The Balaban J connectivity index is 2.29. The molecule has 0 radical (unpaired) electrons. The highest BCUT2D eigenvalue weighted by atomic mass is 16.2. The molecule has 0 heterocycles. The lowest BCUT2D eigenvalue weighted by Gasteiger charge is -2.20. The average molecular weight is 261 g/mol. The zero-order chi connectivity index (χ0) is 13.9. The highest BCUT2D eigenvalue weighted by Gasteiger charge is 2.10. The molecule has 0 unspecified atom stereocenters. The molecule has 2 heteroatoms. The van der Waals surface area contributed by atoms with Gasteiger partial charge in [-0.25, -0.2) is 0 Å². The Labute approximate surface area is 117 Å². The van der Waals surface area contributed by atoms with Gasteiger partial charge in [0.25, 0.3) is 0 Å². The number of aryl methyl sites for hydroxylation is 1. The van der Waals surface area contributed by atoms with E-state index in [1.54, 1.807) is 0 Å². The van der Waals surface area contributed by atoms with Gasteiger partial charge in [-0.3, -0.25) is 4.79 Å². The van der Waals surface area contributed by atoms with E-state index in [0.29, 0.717) is 12.3 Å². The summed E-state index contributed by atoms with van der Waals surface area (Å²) in [6.45, 7) is 6.03. The quantitative estimate of drug-likeness (QED) is 0.614. The molecule has 0 aromatic heterocycles. The molecule has 2 nitrogen and oxygen atoms in total. The normalized spacial score (nSPS) is 10.4. The summed E-state index contributed by atoms with van der Waals surface area (Å²) in [6, 6.07) is 10.2. The van der Waals surface area contributed by atoms with Gasteiger partial charge in [-0.15, -0.1) is 0 Å². The molecular formula is C17H27NO. The molecule has 1 aromatic carbocycles. The lowest BCUT2D eigenvalue weighted by molar-refractivity contribution is -0.131. The van der Waals surface area contributed by atoms with Crippen molar-refractivity contribution in [2.75, 3.05) is 13.1 Å². The third kappa shape index (κ3) is 6.42. The summed E-state index contributed by atoms with van der Waals surface area (Å²) in [4.78, 5) is 14.1. The van der Waals surface area contributed by atoms with Crippen LogP contribution >= 0.6 is 0 Å². The first-order chi connectivity index (χ1) is 9.27. The summed E-state index contributed by atoms with van der Waals surface area (Å²) < 4.78 is 0. The summed E-state index contributed by atoms with van der Waals surface area (Å²) in [5.74, 6) is 0.294. The van der Waals surface area contributed by atoms with E-state index in [1.165, 1.54) is 24.8 Å². The number of hydrogen-bond donors (Lipinski definition) is 0. The molecule has 1 aromatic rings. The smallest absolute Gasteiger partial charge is 0.222 e. The number of carbonyl (C=O) groups excluding carboxylic acids is 1. The van der Waals surface area contributed by atoms with Crippen molar-refractivity contribution in [1.82, 2.24) is 4.90 Å². The second-order valence-corrected chi connectivity index (χ2v) is 5.02. The first-order valence-corrected chi connectivity index (χ1v) is 7.59. The van der Waals surface area contributed by atoms with Crippen LogP contribution < -0.4 is 0 Å². The number of benzene rings is 1. The Morgan fingerprint density at radius 3 is 2.42 bits per heavy atom. The molecule has 0 spiro atoms. The van der Waals surface area contributed by atoms with Gasteiger partial charge < -0.3 is 4.90 Å². The van der Waals surface area contributed by atoms with Crippen LogP contribution in [0.15, 0.2) is 30.3 Å². The van der Waals surface area contributed by atoms with Gasteiger partial charge in [0.15, 0.2) is 0 Å². The van der Waals surface area contributed by atoms with E-state index in [-0.39, 0.29) is 0 Å². The third-order valence-corrected chi connectivity index (χ3v) is 3.49. The van der Waals surface area contributed by atoms with Gasteiger partial charge in [-0.1, -0.05) is 56.5 Å². The van der Waals surface area contributed by atoms with E-state index in [4.69, 9.17) is 0 Å². The third-order valence-electron chi connectivity index (χ3n) is 3.49. The van der Waals surface area contributed by atoms with Crippen molar-refractivity contribution in [3.05, 3.63) is 35.9 Å². The van der Waals surface area contributed by atoms with E-state index >= 15 is 0 Å². The number of nitrogens with zero attached hydrogens (tertiary/aromatic N) is 1. The van der Waals surface area contributed by atoms with Crippen LogP contribution in [0.4, 0.5) is 0 Å². The molecule has 0 aliphatic rings. The molecule has 0 atom stereocenters. The van der Waals surface area contributed by atoms with Crippen molar-refractivity contribution < 1.29 is 4.79 Å². The minimum Gasteiger partial charge on any atom is -0.343 e. The van der Waals surface area contributed by atoms with Crippen LogP contribution in [0.1, 0.15) is 51.5 Å². The lowest BCUT2D eigenvalue weighted by atomic mass is 10.1. The first-order valence-electron chi connectivity index (χ1n) is 7.59. The number of carbonyl (C=O) groups is 1. The summed E-state index contributed by atoms with van der Waals surface area (Å²) >= 11 is 0. The van der Waals surface area contributed by atoms with Gasteiger partial charge in [0.1, 0.15) is 0 Å². The molecule has 0 fully saturated rings. The fraction of sp³-hybridized carbons (Fsp3) is 0.588. The van der Waals surface area contributed by atoms with Crippen LogP contribution in [0.25, 0.3) is 0 Å². The number of unbranched alkanes of at least 4 members (excludes halogenated alkanes) is 3. The predicted octanol–water partition coefficient (Wildman–Crippen LogP) is 4.05. The minimum atomic E-state index is 0.294. The second kappa shape index (κ2) is 9.60. The van der Waals surface area contributed by atoms with Crippen LogP contribution in [0.3, 0.4) is 0 Å². The van der Waals surface area contributed by atoms with E-state index in [9.17, 15) is 4.79 Å². The molecule has 0 N–H and O–H groups in total. The first kappa shape index (κ1) is 15.7. The van der Waals surface area contributed by atoms with Gasteiger partial charge in [-0.05, 0) is 25.3 Å². The SMILES string of the molecule is CCCCCCN(CC)C(=O)CCc1ccccc1. The van der Waals surface area contributed by atoms with Crippen LogP contribution in [-0.2, 0) is 11.2 Å². The Morgan fingerprint density at radius 1 is 1.05 bits per heavy atom. The largest absolute Gasteiger partial charge is 0.343 e. The number of amides is 1. The van der Waals surface area contributed by atoms with Gasteiger partial charge in [0.2, 0.25) is 5.91 Å². The molecule has 0 aliphatic heterocycles. The highest BCUT2D eigenvalue weighted by molar-refractivity contribution is 5.76. The van der Waals surface area contributed by atoms with Crippen molar-refractivity contribution in [1.29, 1.82) is 0 Å². The molecule has 1 amide bonds. The summed E-state index contributed by atoms with van der Waals surface area (Å²) in [7, 11) is 0. The highest BCUT2D eigenvalue weighted by Crippen LogP contribution is 2.07. The molecule has 1 rings (SSSR count). The Bertz CT molecular complexity index is 348. The minimum absolute atomic E-state index is 0.294. The van der Waals surface area contributed by atoms with Crippen LogP contribution in [-0.4, -0.2) is 23.9 Å². The topological polar surface area (TPSA) is 20.3 Å². The van der Waals surface area contributed by atoms with Crippen LogP contribution in [0.2, 0.25) is 0 Å². The standard InChI is InChI=1S/C17H27NO/c1-3-5-6-10-15-18(4-2)17(19)14-13-16-11-8-7-9-12-16/h7-9,11-12H,3-6,10,13-15H2,1-2H3. The monoisotopic (exact) mass is 261 g/mol. The Morgan fingerprint density at radius 2 is 1.79 bits per heavy atom. The fourth-order valence-electron chi connectivity index (χ4n) is 2.24. The Kier molecular flexibility index (Phi) is 7.95. The zero-order valence-electron chi connectivity index (χ0n) is 12.4. The van der Waals surface area contributed by atoms with Gasteiger partial charge in [0, 0.05) is 19.5 Å². The van der Waals surface area contributed by atoms with Gasteiger partial charge >= 0.3 is 0 Å². The number of rotatable bonds is 9. The van der Waals surface area contributed by atoms with Crippen molar-refractivity contribution in [2.24, 2.45) is 0 Å². The maximum atomic E-state index is 12.1. The fourth-order valence-corrected chi connectivity index (χ4v) is 2.24. The van der Waals surface area contributed by atoms with E-state index < -0.39 is 0 Å². The van der Waals surface area contributed by atoms with E-state index in [2.05, 4.69) is 26.0 Å². The maximum Gasteiger partial charge on any atom is 0.222 e. The average Bonchev–Trinajstić information content (AvgIpc) is 2.46. The van der Waals surface area contributed by atoms with E-state index in [0.717, 1.165) is 25.9 Å². The molecule has 19 heavy (non-hydrogen) atoms. The Hall–Kier alpha value is -1.31. The van der Waals surface area contributed by atoms with Crippen LogP contribution in [0, 0.1) is 0 Å². The summed E-state index contributed by atoms with van der Waals surface area (Å²) in [5, 5.41) is 0. The van der Waals surface area contributed by atoms with Crippen LogP contribution in [0.5, 0.6) is 0 Å². The predicted molar refractivity (Wildman–Crippen MR) is 81.2 cm³/mol. The van der Waals surface area contributed by atoms with E-state index in [1.807, 2.05) is 23.1 Å².